The van der Waals surface area contributed by atoms with Gasteiger partial charge in [0.15, 0.2) is 0 Å². The van der Waals surface area contributed by atoms with Crippen LogP contribution in [0.2, 0.25) is 0 Å². The molecule has 1 amide bonds. The van der Waals surface area contributed by atoms with Gasteiger partial charge in [0.05, 0.1) is 17.0 Å². The molecule has 2 atom stereocenters. The van der Waals surface area contributed by atoms with E-state index in [0.29, 0.717) is 11.6 Å². The first-order valence-electron chi connectivity index (χ1n) is 14.1. The third kappa shape index (κ3) is 7.15. The fourth-order valence-electron chi connectivity index (χ4n) is 6.12. The molecule has 7 nitrogen and oxygen atoms in total. The minimum Gasteiger partial charge on any atom is -0.338 e. The summed E-state index contributed by atoms with van der Waals surface area (Å²) < 4.78 is 0. The molecule has 0 bridgehead atoms. The lowest BCUT2D eigenvalue weighted by Gasteiger charge is -2.52. The Morgan fingerprint density at radius 1 is 1.03 bits per heavy atom. The number of likely N-dealkylation sites (tertiary alicyclic amines) is 1. The minimum absolute atomic E-state index is 0. The monoisotopic (exact) mass is 508 g/mol. The normalized spacial score (nSPS) is 24.7. The first-order chi connectivity index (χ1) is 17.9. The molecule has 5 rings (SSSR count). The number of aryl methyl sites for hydroxylation is 2. The number of aromatic nitrogens is 2. The second-order valence-electron chi connectivity index (χ2n) is 11.4. The summed E-state index contributed by atoms with van der Waals surface area (Å²) in [5.41, 5.74) is 2.43. The molecule has 2 aromatic rings. The predicted molar refractivity (Wildman–Crippen MR) is 152 cm³/mol. The standard InChI is InChI=1S/C24H40N6O.C6H6.H2/c1-18-15-30(13-12-29(18)16-21-6-5-9-25-14-21)24(4)7-10-28(11-8-24)23(31)22-19(2)26-17-27-20(22)3;1-2-4-6-5-3-1;/h17-18,21,25H,5-16H2,1-4H3;1-6H;1H. The van der Waals surface area contributed by atoms with E-state index in [0.717, 1.165) is 62.9 Å². The van der Waals surface area contributed by atoms with E-state index in [1.54, 1.807) is 6.33 Å². The zero-order chi connectivity index (χ0) is 26.3. The molecule has 37 heavy (non-hydrogen) atoms. The van der Waals surface area contributed by atoms with Crippen molar-refractivity contribution in [3.8, 4) is 0 Å². The van der Waals surface area contributed by atoms with Crippen LogP contribution in [0.5, 0.6) is 0 Å². The summed E-state index contributed by atoms with van der Waals surface area (Å²) in [5, 5.41) is 3.56. The number of piperidine rings is 2. The highest BCUT2D eigenvalue weighted by atomic mass is 16.2. The van der Waals surface area contributed by atoms with Crippen LogP contribution >= 0.6 is 0 Å². The van der Waals surface area contributed by atoms with E-state index in [4.69, 9.17) is 0 Å². The molecule has 1 aromatic carbocycles. The number of carbonyl (C=O) groups excluding carboxylic acids is 1. The van der Waals surface area contributed by atoms with Gasteiger partial charge in [-0.2, -0.15) is 0 Å². The van der Waals surface area contributed by atoms with E-state index in [1.165, 1.54) is 32.5 Å². The van der Waals surface area contributed by atoms with E-state index < -0.39 is 0 Å². The van der Waals surface area contributed by atoms with Crippen LogP contribution in [0.15, 0.2) is 42.7 Å². The number of nitrogens with zero attached hydrogens (tertiary/aromatic N) is 5. The molecule has 0 spiro atoms. The SMILES string of the molecule is Cc1ncnc(C)c1C(=O)N1CCC(C)(N2CCN(CC3CCCNC3)C(C)C2)CC1.[HH].c1ccccc1. The van der Waals surface area contributed by atoms with Gasteiger partial charge in [0, 0.05) is 52.3 Å². The Labute approximate surface area is 225 Å². The third-order valence-corrected chi connectivity index (χ3v) is 8.65. The van der Waals surface area contributed by atoms with Crippen LogP contribution in [0.25, 0.3) is 0 Å². The van der Waals surface area contributed by atoms with Crippen molar-refractivity contribution in [3.05, 3.63) is 59.7 Å². The van der Waals surface area contributed by atoms with Crippen LogP contribution in [0.1, 0.15) is 62.7 Å². The van der Waals surface area contributed by atoms with E-state index in [1.807, 2.05) is 55.1 Å². The van der Waals surface area contributed by atoms with Crippen molar-refractivity contribution in [1.82, 2.24) is 30.0 Å². The summed E-state index contributed by atoms with van der Waals surface area (Å²) in [5.74, 6) is 0.901. The van der Waals surface area contributed by atoms with E-state index >= 15 is 0 Å². The Morgan fingerprint density at radius 2 is 1.65 bits per heavy atom. The fourth-order valence-corrected chi connectivity index (χ4v) is 6.12. The molecular formula is C30H48N6O. The maximum absolute atomic E-state index is 13.1. The average molecular weight is 509 g/mol. The Bertz CT molecular complexity index is 945. The number of carbonyl (C=O) groups is 1. The van der Waals surface area contributed by atoms with Gasteiger partial charge in [0.1, 0.15) is 6.33 Å². The molecule has 1 N–H and O–H groups in total. The number of rotatable bonds is 4. The van der Waals surface area contributed by atoms with Crippen molar-refractivity contribution < 1.29 is 6.22 Å². The predicted octanol–water partition coefficient (Wildman–Crippen LogP) is 4.03. The van der Waals surface area contributed by atoms with Crippen molar-refractivity contribution in [1.29, 1.82) is 0 Å². The van der Waals surface area contributed by atoms with Gasteiger partial charge < -0.3 is 10.2 Å². The topological polar surface area (TPSA) is 64.6 Å². The Balaban J connectivity index is 0.000000504. The number of amides is 1. The van der Waals surface area contributed by atoms with Gasteiger partial charge in [0.2, 0.25) is 0 Å². The van der Waals surface area contributed by atoms with Crippen LogP contribution in [-0.4, -0.2) is 94.5 Å². The molecule has 7 heteroatoms. The van der Waals surface area contributed by atoms with Gasteiger partial charge in [-0.3, -0.25) is 14.6 Å². The molecule has 0 saturated carbocycles. The van der Waals surface area contributed by atoms with Gasteiger partial charge in [-0.25, -0.2) is 9.97 Å². The van der Waals surface area contributed by atoms with Crippen molar-refractivity contribution in [2.24, 2.45) is 5.92 Å². The molecule has 1 aromatic heterocycles. The number of nitrogens with one attached hydrogen (secondary N) is 1. The lowest BCUT2D eigenvalue weighted by Crippen LogP contribution is -2.62. The Kier molecular flexibility index (Phi) is 9.68. The molecule has 3 saturated heterocycles. The lowest BCUT2D eigenvalue weighted by molar-refractivity contribution is -0.0214. The van der Waals surface area contributed by atoms with Crippen LogP contribution < -0.4 is 5.32 Å². The zero-order valence-corrected chi connectivity index (χ0v) is 23.3. The molecule has 0 aliphatic carbocycles. The molecule has 3 aliphatic rings. The summed E-state index contributed by atoms with van der Waals surface area (Å²) in [6, 6.07) is 12.6. The highest BCUT2D eigenvalue weighted by Gasteiger charge is 2.40. The zero-order valence-electron chi connectivity index (χ0n) is 23.3. The van der Waals surface area contributed by atoms with Crippen LogP contribution in [0.4, 0.5) is 0 Å². The Hall–Kier alpha value is -2.35. The molecule has 3 fully saturated rings. The van der Waals surface area contributed by atoms with E-state index in [2.05, 4.69) is 38.9 Å². The van der Waals surface area contributed by atoms with Gasteiger partial charge in [-0.15, -0.1) is 0 Å². The van der Waals surface area contributed by atoms with Crippen molar-refractivity contribution in [3.63, 3.8) is 0 Å². The number of benzene rings is 1. The fraction of sp³-hybridized carbons (Fsp3) is 0.633. The van der Waals surface area contributed by atoms with Gasteiger partial charge in [0.25, 0.3) is 5.91 Å². The Morgan fingerprint density at radius 3 is 2.19 bits per heavy atom. The highest BCUT2D eigenvalue weighted by molar-refractivity contribution is 5.96. The first-order valence-corrected chi connectivity index (χ1v) is 14.1. The maximum Gasteiger partial charge on any atom is 0.257 e. The second-order valence-corrected chi connectivity index (χ2v) is 11.4. The smallest absolute Gasteiger partial charge is 0.257 e. The second kappa shape index (κ2) is 12.9. The van der Waals surface area contributed by atoms with Crippen LogP contribution in [-0.2, 0) is 0 Å². The number of piperazine rings is 1. The summed E-state index contributed by atoms with van der Waals surface area (Å²) in [6.45, 7) is 17.3. The maximum atomic E-state index is 13.1. The number of hydrogen-bond donors (Lipinski definition) is 1. The minimum atomic E-state index is 0. The van der Waals surface area contributed by atoms with E-state index in [9.17, 15) is 4.79 Å². The van der Waals surface area contributed by atoms with Crippen molar-refractivity contribution in [2.75, 3.05) is 52.4 Å². The molecule has 204 valence electrons. The average Bonchev–Trinajstić information content (AvgIpc) is 2.92. The van der Waals surface area contributed by atoms with Gasteiger partial charge >= 0.3 is 0 Å². The lowest BCUT2D eigenvalue weighted by atomic mass is 9.86. The highest BCUT2D eigenvalue weighted by Crippen LogP contribution is 2.32. The van der Waals surface area contributed by atoms with E-state index in [-0.39, 0.29) is 12.9 Å². The van der Waals surface area contributed by atoms with Gasteiger partial charge in [-0.05, 0) is 72.4 Å². The molecule has 0 radical (unpaired) electrons. The summed E-state index contributed by atoms with van der Waals surface area (Å²) in [6.07, 6.45) is 6.29. The molecule has 3 aliphatic heterocycles. The largest absolute Gasteiger partial charge is 0.338 e. The van der Waals surface area contributed by atoms with Crippen molar-refractivity contribution >= 4 is 5.91 Å². The molecule has 2 unspecified atom stereocenters. The summed E-state index contributed by atoms with van der Waals surface area (Å²) in [7, 11) is 0. The first kappa shape index (κ1) is 27.7. The van der Waals surface area contributed by atoms with Crippen molar-refractivity contribution in [2.45, 2.75) is 65.0 Å². The summed E-state index contributed by atoms with van der Waals surface area (Å²) >= 11 is 0. The summed E-state index contributed by atoms with van der Waals surface area (Å²) in [4.78, 5) is 29.0. The number of hydrogen-bond acceptors (Lipinski definition) is 6. The van der Waals surface area contributed by atoms with Gasteiger partial charge in [-0.1, -0.05) is 36.4 Å². The third-order valence-electron chi connectivity index (χ3n) is 8.65. The molecule has 4 heterocycles. The molecular weight excluding hydrogens is 460 g/mol. The van der Waals surface area contributed by atoms with Crippen LogP contribution in [0, 0.1) is 19.8 Å². The quantitative estimate of drug-likeness (QED) is 0.673. The van der Waals surface area contributed by atoms with Crippen LogP contribution in [0.3, 0.4) is 0 Å².